The molecule has 1 atom stereocenters. The Labute approximate surface area is 118 Å². The summed E-state index contributed by atoms with van der Waals surface area (Å²) in [5, 5.41) is 5.98. The summed E-state index contributed by atoms with van der Waals surface area (Å²) in [5.41, 5.74) is 0.349. The van der Waals surface area contributed by atoms with Crippen molar-refractivity contribution in [1.82, 2.24) is 10.3 Å². The molecule has 0 amide bonds. The first-order chi connectivity index (χ1) is 9.25. The van der Waals surface area contributed by atoms with Crippen molar-refractivity contribution in [2.24, 2.45) is 0 Å². The number of hydrogen-bond acceptors (Lipinski definition) is 4. The zero-order chi connectivity index (χ0) is 13.2. The topological polar surface area (TPSA) is 24.9 Å². The molecule has 2 heterocycles. The third-order valence-corrected chi connectivity index (χ3v) is 4.98. The molecule has 1 aromatic heterocycles. The number of nitrogens with zero attached hydrogens (tertiary/aromatic N) is 1. The van der Waals surface area contributed by atoms with Gasteiger partial charge in [-0.05, 0) is 12.1 Å². The Kier molecular flexibility index (Phi) is 3.81. The summed E-state index contributed by atoms with van der Waals surface area (Å²) >= 11 is 3.31. The van der Waals surface area contributed by atoms with Crippen LogP contribution in [0.1, 0.15) is 11.0 Å². The van der Waals surface area contributed by atoms with Crippen molar-refractivity contribution < 1.29 is 8.78 Å². The molecule has 1 aliphatic rings. The molecule has 1 N–H and O–H groups in total. The molecular formula is C13H12F2N2S2. The Morgan fingerprint density at radius 2 is 2.05 bits per heavy atom. The Bertz CT molecular complexity index is 560. The number of halogens is 2. The number of thioether (sulfide) groups is 1. The number of hydrogen-bond donors (Lipinski definition) is 1. The fourth-order valence-corrected chi connectivity index (χ4v) is 3.96. The predicted molar refractivity (Wildman–Crippen MR) is 75.5 cm³/mol. The van der Waals surface area contributed by atoms with Gasteiger partial charge in [0.15, 0.2) is 0 Å². The van der Waals surface area contributed by atoms with Crippen LogP contribution in [0.15, 0.2) is 23.6 Å². The standard InChI is InChI=1S/C13H12F2N2S2/c14-8-2-1-3-9(15)12(8)10-7-19-13(17-10)11-6-18-5-4-16-11/h1-3,7,11,16H,4-6H2. The van der Waals surface area contributed by atoms with Gasteiger partial charge in [-0.2, -0.15) is 11.8 Å². The molecule has 0 saturated carbocycles. The van der Waals surface area contributed by atoms with E-state index in [2.05, 4.69) is 10.3 Å². The summed E-state index contributed by atoms with van der Waals surface area (Å²) < 4.78 is 27.4. The number of thiazole rings is 1. The zero-order valence-electron chi connectivity index (χ0n) is 10.0. The van der Waals surface area contributed by atoms with Crippen LogP contribution in [0.4, 0.5) is 8.78 Å². The van der Waals surface area contributed by atoms with Gasteiger partial charge in [0.05, 0.1) is 17.3 Å². The lowest BCUT2D eigenvalue weighted by molar-refractivity contribution is 0.584. The van der Waals surface area contributed by atoms with E-state index in [9.17, 15) is 8.78 Å². The van der Waals surface area contributed by atoms with Gasteiger partial charge in [-0.3, -0.25) is 0 Å². The van der Waals surface area contributed by atoms with Gasteiger partial charge in [-0.1, -0.05) is 6.07 Å². The minimum Gasteiger partial charge on any atom is -0.306 e. The number of benzene rings is 1. The van der Waals surface area contributed by atoms with Crippen molar-refractivity contribution in [3.63, 3.8) is 0 Å². The number of rotatable bonds is 2. The summed E-state index contributed by atoms with van der Waals surface area (Å²) in [4.78, 5) is 4.39. The van der Waals surface area contributed by atoms with Crippen LogP contribution in [-0.4, -0.2) is 23.0 Å². The molecule has 1 saturated heterocycles. The first-order valence-electron chi connectivity index (χ1n) is 5.96. The molecule has 19 heavy (non-hydrogen) atoms. The van der Waals surface area contributed by atoms with Crippen LogP contribution in [-0.2, 0) is 0 Å². The minimum absolute atomic E-state index is 0.0338. The lowest BCUT2D eigenvalue weighted by Gasteiger charge is -2.20. The highest BCUT2D eigenvalue weighted by Gasteiger charge is 2.20. The van der Waals surface area contributed by atoms with Gasteiger partial charge in [-0.15, -0.1) is 11.3 Å². The highest BCUT2D eigenvalue weighted by molar-refractivity contribution is 7.99. The molecule has 3 rings (SSSR count). The summed E-state index contributed by atoms with van der Waals surface area (Å²) in [5.74, 6) is 0.911. The maximum atomic E-state index is 13.7. The molecular weight excluding hydrogens is 286 g/mol. The Morgan fingerprint density at radius 3 is 2.74 bits per heavy atom. The van der Waals surface area contributed by atoms with Gasteiger partial charge in [0.2, 0.25) is 0 Å². The molecule has 0 aliphatic carbocycles. The van der Waals surface area contributed by atoms with Gasteiger partial charge >= 0.3 is 0 Å². The minimum atomic E-state index is -0.567. The van der Waals surface area contributed by atoms with Gasteiger partial charge in [0.1, 0.15) is 16.6 Å². The maximum absolute atomic E-state index is 13.7. The van der Waals surface area contributed by atoms with E-state index in [-0.39, 0.29) is 11.6 Å². The highest BCUT2D eigenvalue weighted by Crippen LogP contribution is 2.31. The van der Waals surface area contributed by atoms with E-state index in [1.54, 1.807) is 5.38 Å². The first-order valence-corrected chi connectivity index (χ1v) is 8.00. The van der Waals surface area contributed by atoms with Crippen molar-refractivity contribution >= 4 is 23.1 Å². The zero-order valence-corrected chi connectivity index (χ0v) is 11.7. The van der Waals surface area contributed by atoms with Gasteiger partial charge < -0.3 is 5.32 Å². The van der Waals surface area contributed by atoms with Crippen LogP contribution in [0.2, 0.25) is 0 Å². The SMILES string of the molecule is Fc1cccc(F)c1-c1csc(C2CSCCN2)n1. The Balaban J connectivity index is 1.92. The van der Waals surface area contributed by atoms with E-state index >= 15 is 0 Å². The molecule has 0 spiro atoms. The van der Waals surface area contributed by atoms with E-state index in [4.69, 9.17) is 0 Å². The Morgan fingerprint density at radius 1 is 1.26 bits per heavy atom. The second kappa shape index (κ2) is 5.56. The average molecular weight is 298 g/mol. The summed E-state index contributed by atoms with van der Waals surface area (Å²) in [6.07, 6.45) is 0. The highest BCUT2D eigenvalue weighted by atomic mass is 32.2. The molecule has 100 valence electrons. The number of aromatic nitrogens is 1. The third-order valence-electron chi connectivity index (χ3n) is 2.96. The van der Waals surface area contributed by atoms with Crippen LogP contribution >= 0.6 is 23.1 Å². The quantitative estimate of drug-likeness (QED) is 0.919. The van der Waals surface area contributed by atoms with Crippen LogP contribution in [0.25, 0.3) is 11.3 Å². The van der Waals surface area contributed by atoms with E-state index in [0.717, 1.165) is 23.1 Å². The molecule has 6 heteroatoms. The smallest absolute Gasteiger partial charge is 0.135 e. The van der Waals surface area contributed by atoms with Gasteiger partial charge in [0, 0.05) is 23.4 Å². The lowest BCUT2D eigenvalue weighted by Crippen LogP contribution is -2.30. The van der Waals surface area contributed by atoms with E-state index < -0.39 is 11.6 Å². The van der Waals surface area contributed by atoms with Crippen molar-refractivity contribution in [3.8, 4) is 11.3 Å². The van der Waals surface area contributed by atoms with Crippen LogP contribution in [0, 0.1) is 11.6 Å². The second-order valence-corrected chi connectivity index (χ2v) is 6.29. The fraction of sp³-hybridized carbons (Fsp3) is 0.308. The van der Waals surface area contributed by atoms with Crippen molar-refractivity contribution in [3.05, 3.63) is 40.2 Å². The molecule has 0 bridgehead atoms. The molecule has 2 aromatic rings. The predicted octanol–water partition coefficient (Wildman–Crippen LogP) is 3.47. The first kappa shape index (κ1) is 13.0. The molecule has 1 aromatic carbocycles. The lowest BCUT2D eigenvalue weighted by atomic mass is 10.1. The largest absolute Gasteiger partial charge is 0.306 e. The summed E-state index contributed by atoms with van der Waals surface area (Å²) in [6.45, 7) is 0.943. The monoisotopic (exact) mass is 298 g/mol. The summed E-state index contributed by atoms with van der Waals surface area (Å²) in [6, 6.07) is 4.06. The molecule has 1 unspecified atom stereocenters. The second-order valence-electron chi connectivity index (χ2n) is 4.25. The summed E-state index contributed by atoms with van der Waals surface area (Å²) in [7, 11) is 0. The van der Waals surface area contributed by atoms with Crippen molar-refractivity contribution in [2.45, 2.75) is 6.04 Å². The average Bonchev–Trinajstić information content (AvgIpc) is 2.89. The van der Waals surface area contributed by atoms with Crippen LogP contribution < -0.4 is 5.32 Å². The molecule has 2 nitrogen and oxygen atoms in total. The normalized spacial score (nSPS) is 19.6. The van der Waals surface area contributed by atoms with Gasteiger partial charge in [-0.25, -0.2) is 13.8 Å². The number of nitrogens with one attached hydrogen (secondary N) is 1. The maximum Gasteiger partial charge on any atom is 0.135 e. The Hall–Kier alpha value is -0.980. The molecule has 1 aliphatic heterocycles. The van der Waals surface area contributed by atoms with Gasteiger partial charge in [0.25, 0.3) is 0 Å². The van der Waals surface area contributed by atoms with Crippen LogP contribution in [0.3, 0.4) is 0 Å². The fourth-order valence-electron chi connectivity index (χ4n) is 2.03. The third kappa shape index (κ3) is 2.66. The van der Waals surface area contributed by atoms with E-state index in [1.165, 1.54) is 29.5 Å². The van der Waals surface area contributed by atoms with E-state index in [0.29, 0.717) is 5.69 Å². The molecule has 1 fully saturated rings. The van der Waals surface area contributed by atoms with Crippen molar-refractivity contribution in [1.29, 1.82) is 0 Å². The van der Waals surface area contributed by atoms with E-state index in [1.807, 2.05) is 11.8 Å². The molecule has 0 radical (unpaired) electrons. The van der Waals surface area contributed by atoms with Crippen LogP contribution in [0.5, 0.6) is 0 Å². The van der Waals surface area contributed by atoms with Crippen molar-refractivity contribution in [2.75, 3.05) is 18.1 Å².